The van der Waals surface area contributed by atoms with Crippen molar-refractivity contribution in [2.24, 2.45) is 0 Å². The van der Waals surface area contributed by atoms with Gasteiger partial charge in [-0.3, -0.25) is 0 Å². The number of para-hydroxylation sites is 1. The lowest BCUT2D eigenvalue weighted by molar-refractivity contribution is -0.299. The summed E-state index contributed by atoms with van der Waals surface area (Å²) in [5.41, 5.74) is -0.794. The Hall–Kier alpha value is -3.22. The molecule has 2 aromatic carbocycles. The fourth-order valence-electron chi connectivity index (χ4n) is 3.30. The molecular formula is C21H17F3NO3-. The Morgan fingerprint density at radius 2 is 1.61 bits per heavy atom. The molecule has 0 radical (unpaired) electrons. The van der Waals surface area contributed by atoms with Crippen LogP contribution in [-0.4, -0.2) is 5.97 Å². The van der Waals surface area contributed by atoms with Crippen LogP contribution < -0.4 is 15.2 Å². The van der Waals surface area contributed by atoms with Crippen LogP contribution in [0.15, 0.2) is 77.3 Å². The van der Waals surface area contributed by atoms with Gasteiger partial charge in [-0.15, -0.1) is 0 Å². The number of carbonyl (C=O) groups is 1. The summed E-state index contributed by atoms with van der Waals surface area (Å²) < 4.78 is 46.7. The van der Waals surface area contributed by atoms with E-state index >= 15 is 0 Å². The van der Waals surface area contributed by atoms with Crippen molar-refractivity contribution in [1.82, 2.24) is 5.32 Å². The third-order valence-electron chi connectivity index (χ3n) is 4.47. The number of hydrogen-bond donors (Lipinski definition) is 1. The van der Waals surface area contributed by atoms with Crippen LogP contribution >= 0.6 is 0 Å². The molecule has 0 saturated carbocycles. The van der Waals surface area contributed by atoms with Crippen LogP contribution in [0.1, 0.15) is 30.9 Å². The molecule has 0 bridgehead atoms. The zero-order valence-electron chi connectivity index (χ0n) is 15.1. The van der Waals surface area contributed by atoms with Crippen molar-refractivity contribution >= 4 is 5.97 Å². The van der Waals surface area contributed by atoms with Crippen molar-refractivity contribution < 1.29 is 27.8 Å². The maximum atomic E-state index is 13.6. The summed E-state index contributed by atoms with van der Waals surface area (Å²) in [5, 5.41) is 14.7. The predicted octanol–water partition coefficient (Wildman–Crippen LogP) is 3.73. The highest BCUT2D eigenvalue weighted by Gasteiger charge is 2.40. The number of allylic oxidation sites excluding steroid dienone is 3. The number of dihydropyridines is 1. The molecule has 1 unspecified atom stereocenters. The molecule has 1 aliphatic heterocycles. The number of carbonyl (C=O) groups excluding carboxylic acids is 1. The average molecular weight is 388 g/mol. The van der Waals surface area contributed by atoms with Crippen molar-refractivity contribution in [2.45, 2.75) is 25.9 Å². The number of carboxylic acid groups (broad SMARTS) is 1. The molecular weight excluding hydrogens is 371 g/mol. The quantitative estimate of drug-likeness (QED) is 0.867. The van der Waals surface area contributed by atoms with Crippen LogP contribution in [0.4, 0.5) is 13.2 Å². The first-order valence-corrected chi connectivity index (χ1v) is 8.49. The maximum absolute atomic E-state index is 13.6. The van der Waals surface area contributed by atoms with E-state index in [0.29, 0.717) is 11.4 Å². The second-order valence-electron chi connectivity index (χ2n) is 6.37. The summed E-state index contributed by atoms with van der Waals surface area (Å²) in [4.78, 5) is 11.8. The van der Waals surface area contributed by atoms with E-state index in [4.69, 9.17) is 4.74 Å². The van der Waals surface area contributed by atoms with Gasteiger partial charge in [0.2, 0.25) is 0 Å². The van der Waals surface area contributed by atoms with Gasteiger partial charge in [0.1, 0.15) is 11.5 Å². The Balaban J connectivity index is 2.22. The number of hydrogen-bond acceptors (Lipinski definition) is 4. The highest BCUT2D eigenvalue weighted by Crippen LogP contribution is 2.44. The second-order valence-corrected chi connectivity index (χ2v) is 6.37. The normalized spacial score (nSPS) is 17.4. The lowest BCUT2D eigenvalue weighted by Gasteiger charge is -2.33. The van der Waals surface area contributed by atoms with E-state index in [9.17, 15) is 23.1 Å². The molecule has 1 N–H and O–H groups in total. The summed E-state index contributed by atoms with van der Waals surface area (Å²) in [6, 6.07) is 13.3. The molecule has 0 fully saturated rings. The number of ether oxygens (including phenoxy) is 1. The minimum atomic E-state index is -4.65. The topological polar surface area (TPSA) is 61.4 Å². The van der Waals surface area contributed by atoms with Gasteiger partial charge in [-0.25, -0.2) is 0 Å². The Bertz CT molecular complexity index is 962. The number of halogens is 3. The van der Waals surface area contributed by atoms with Gasteiger partial charge in [0.05, 0.1) is 23.1 Å². The molecule has 146 valence electrons. The molecule has 0 saturated heterocycles. The molecule has 1 heterocycles. The van der Waals surface area contributed by atoms with Crippen LogP contribution in [0.25, 0.3) is 0 Å². The molecule has 2 aromatic rings. The van der Waals surface area contributed by atoms with E-state index in [1.165, 1.54) is 25.1 Å². The van der Waals surface area contributed by atoms with Gasteiger partial charge >= 0.3 is 6.18 Å². The molecule has 3 rings (SSSR count). The van der Waals surface area contributed by atoms with Crippen molar-refractivity contribution in [3.05, 3.63) is 88.5 Å². The Labute approximate surface area is 160 Å². The van der Waals surface area contributed by atoms with Crippen LogP contribution in [0, 0.1) is 0 Å². The van der Waals surface area contributed by atoms with E-state index in [0.717, 1.165) is 6.07 Å². The first kappa shape index (κ1) is 19.5. The molecule has 7 heteroatoms. The van der Waals surface area contributed by atoms with Gasteiger partial charge in [-0.1, -0.05) is 36.4 Å². The third-order valence-corrected chi connectivity index (χ3v) is 4.47. The van der Waals surface area contributed by atoms with Crippen LogP contribution in [-0.2, 0) is 11.0 Å². The Morgan fingerprint density at radius 3 is 2.21 bits per heavy atom. The molecule has 0 aromatic heterocycles. The number of aliphatic carboxylic acids is 1. The zero-order valence-corrected chi connectivity index (χ0v) is 15.1. The minimum Gasteiger partial charge on any atom is -0.545 e. The summed E-state index contributed by atoms with van der Waals surface area (Å²) in [6.07, 6.45) is -4.65. The lowest BCUT2D eigenvalue weighted by atomic mass is 9.82. The average Bonchev–Trinajstić information content (AvgIpc) is 2.63. The molecule has 4 nitrogen and oxygen atoms in total. The summed E-state index contributed by atoms with van der Waals surface area (Å²) >= 11 is 0. The number of benzene rings is 2. The monoisotopic (exact) mass is 388 g/mol. The molecule has 0 amide bonds. The van der Waals surface area contributed by atoms with Crippen LogP contribution in [0.5, 0.6) is 5.75 Å². The minimum absolute atomic E-state index is 0.0766. The van der Waals surface area contributed by atoms with Crippen molar-refractivity contribution in [1.29, 1.82) is 0 Å². The van der Waals surface area contributed by atoms with E-state index in [1.807, 2.05) is 0 Å². The van der Waals surface area contributed by atoms with Gasteiger partial charge in [-0.2, -0.15) is 13.2 Å². The van der Waals surface area contributed by atoms with E-state index in [-0.39, 0.29) is 22.6 Å². The van der Waals surface area contributed by atoms with E-state index in [2.05, 4.69) is 5.32 Å². The molecule has 1 aliphatic rings. The Kier molecular flexibility index (Phi) is 5.18. The van der Waals surface area contributed by atoms with Gasteiger partial charge in [0, 0.05) is 11.3 Å². The number of carboxylic acids is 1. The van der Waals surface area contributed by atoms with Crippen LogP contribution in [0.3, 0.4) is 0 Å². The largest absolute Gasteiger partial charge is 0.545 e. The molecule has 0 spiro atoms. The van der Waals surface area contributed by atoms with Crippen LogP contribution in [0.2, 0.25) is 0 Å². The van der Waals surface area contributed by atoms with Gasteiger partial charge in [0.15, 0.2) is 0 Å². The molecule has 1 atom stereocenters. The third kappa shape index (κ3) is 3.74. The second kappa shape index (κ2) is 7.42. The number of nitrogens with one attached hydrogen (secondary N) is 1. The summed E-state index contributed by atoms with van der Waals surface area (Å²) in [6.45, 7) is 3.11. The first-order chi connectivity index (χ1) is 13.2. The fourth-order valence-corrected chi connectivity index (χ4v) is 3.30. The molecule has 0 aliphatic carbocycles. The van der Waals surface area contributed by atoms with Crippen molar-refractivity contribution in [3.8, 4) is 5.75 Å². The highest BCUT2D eigenvalue weighted by molar-refractivity contribution is 5.89. The van der Waals surface area contributed by atoms with Gasteiger partial charge in [0.25, 0.3) is 0 Å². The summed E-state index contributed by atoms with van der Waals surface area (Å²) in [5.74, 6) is -2.38. The van der Waals surface area contributed by atoms with Gasteiger partial charge < -0.3 is 20.0 Å². The van der Waals surface area contributed by atoms with Gasteiger partial charge in [-0.05, 0) is 37.6 Å². The number of rotatable bonds is 4. The Morgan fingerprint density at radius 1 is 1.00 bits per heavy atom. The van der Waals surface area contributed by atoms with Crippen molar-refractivity contribution in [2.75, 3.05) is 0 Å². The smallest absolute Gasteiger partial charge is 0.416 e. The SMILES string of the molecule is CC1=C(Oc2ccccc2)C(c2ccccc2C(F)(F)F)C(C(=O)[O-])=C(C)N1. The van der Waals surface area contributed by atoms with E-state index < -0.39 is 23.6 Å². The molecule has 28 heavy (non-hydrogen) atoms. The van der Waals surface area contributed by atoms with Crippen molar-refractivity contribution in [3.63, 3.8) is 0 Å². The fraction of sp³-hybridized carbons (Fsp3) is 0.190. The standard InChI is InChI=1S/C21H18F3NO3/c1-12-17(20(26)27)18(15-10-6-7-11-16(15)21(22,23)24)19(13(2)25-12)28-14-8-4-3-5-9-14/h3-11,18,25H,1-2H3,(H,26,27)/p-1. The lowest BCUT2D eigenvalue weighted by Crippen LogP contribution is -2.37. The summed E-state index contributed by atoms with van der Waals surface area (Å²) in [7, 11) is 0. The van der Waals surface area contributed by atoms with E-state index in [1.54, 1.807) is 37.3 Å². The highest BCUT2D eigenvalue weighted by atomic mass is 19.4. The maximum Gasteiger partial charge on any atom is 0.416 e. The predicted molar refractivity (Wildman–Crippen MR) is 94.8 cm³/mol. The number of alkyl halides is 3. The zero-order chi connectivity index (χ0) is 20.5. The first-order valence-electron chi connectivity index (χ1n) is 8.49.